The number of nitrogens with one attached hydrogen (secondary N) is 1. The first-order chi connectivity index (χ1) is 12.4. The van der Waals surface area contributed by atoms with Gasteiger partial charge in [0.1, 0.15) is 12.7 Å². The van der Waals surface area contributed by atoms with Crippen LogP contribution in [0.2, 0.25) is 0 Å². The monoisotopic (exact) mass is 422 g/mol. The molecule has 4 rings (SSSR count). The summed E-state index contributed by atoms with van der Waals surface area (Å²) in [5.74, 6) is -1.54. The largest absolute Gasteiger partial charge is 0.328 e. The Morgan fingerprint density at radius 3 is 2.73 bits per heavy atom. The number of halogens is 3. The Morgan fingerprint density at radius 2 is 2.08 bits per heavy atom. The van der Waals surface area contributed by atoms with E-state index in [0.717, 1.165) is 16.9 Å². The third kappa shape index (κ3) is 2.86. The predicted molar refractivity (Wildman–Crippen MR) is 91.9 cm³/mol. The van der Waals surface area contributed by atoms with Gasteiger partial charge in [-0.3, -0.25) is 14.9 Å². The SMILES string of the molecule is O=C(CN1CC2(C[C@H]2F)c2cc(Br)ccc2C1=O)Nc1ncc(F)cn1. The average molecular weight is 423 g/mol. The summed E-state index contributed by atoms with van der Waals surface area (Å²) in [6.45, 7) is -0.127. The lowest BCUT2D eigenvalue weighted by Gasteiger charge is -2.34. The standard InChI is InChI=1S/C17H13BrF2N4O2/c18-9-1-2-11-12(3-9)17(4-13(17)20)8-24(15(11)26)7-14(25)23-16-21-5-10(19)6-22-16/h1-3,5-6,13H,4,7-8H2,(H,21,22,23,25)/t13-,17?/m1/s1. The Kier molecular flexibility index (Phi) is 3.98. The zero-order valence-corrected chi connectivity index (χ0v) is 15.0. The quantitative estimate of drug-likeness (QED) is 0.823. The third-order valence-corrected chi connectivity index (χ3v) is 5.19. The van der Waals surface area contributed by atoms with E-state index in [-0.39, 0.29) is 24.9 Å². The fraction of sp³-hybridized carbons (Fsp3) is 0.294. The number of carbonyl (C=O) groups excluding carboxylic acids is 2. The lowest BCUT2D eigenvalue weighted by atomic mass is 9.86. The minimum atomic E-state index is -1.05. The number of amides is 2. The lowest BCUT2D eigenvalue weighted by molar-refractivity contribution is -0.117. The van der Waals surface area contributed by atoms with Crippen molar-refractivity contribution >= 4 is 33.7 Å². The van der Waals surface area contributed by atoms with Gasteiger partial charge in [0, 0.05) is 22.0 Å². The van der Waals surface area contributed by atoms with Crippen LogP contribution in [0.3, 0.4) is 0 Å². The van der Waals surface area contributed by atoms with Gasteiger partial charge < -0.3 is 4.90 Å². The van der Waals surface area contributed by atoms with Crippen LogP contribution in [0.4, 0.5) is 14.7 Å². The van der Waals surface area contributed by atoms with E-state index in [9.17, 15) is 18.4 Å². The molecule has 2 heterocycles. The number of benzene rings is 1. The van der Waals surface area contributed by atoms with Crippen molar-refractivity contribution in [1.82, 2.24) is 14.9 Å². The van der Waals surface area contributed by atoms with Crippen molar-refractivity contribution in [2.24, 2.45) is 0 Å². The van der Waals surface area contributed by atoms with Gasteiger partial charge in [-0.05, 0) is 30.2 Å². The number of hydrogen-bond donors (Lipinski definition) is 1. The van der Waals surface area contributed by atoms with E-state index in [0.29, 0.717) is 17.5 Å². The van der Waals surface area contributed by atoms with Crippen molar-refractivity contribution in [3.8, 4) is 0 Å². The maximum Gasteiger partial charge on any atom is 0.254 e. The lowest BCUT2D eigenvalue weighted by Crippen LogP contribution is -2.47. The molecule has 1 aliphatic heterocycles. The number of anilines is 1. The highest BCUT2D eigenvalue weighted by atomic mass is 79.9. The van der Waals surface area contributed by atoms with Gasteiger partial charge in [-0.2, -0.15) is 0 Å². The number of hydrogen-bond acceptors (Lipinski definition) is 4. The van der Waals surface area contributed by atoms with Gasteiger partial charge in [-0.1, -0.05) is 15.9 Å². The van der Waals surface area contributed by atoms with Gasteiger partial charge in [-0.15, -0.1) is 0 Å². The summed E-state index contributed by atoms with van der Waals surface area (Å²) in [5.41, 5.74) is 0.341. The number of rotatable bonds is 3. The highest BCUT2D eigenvalue weighted by molar-refractivity contribution is 9.10. The highest BCUT2D eigenvalue weighted by Crippen LogP contribution is 2.54. The van der Waals surface area contributed by atoms with Gasteiger partial charge in [0.25, 0.3) is 5.91 Å². The molecule has 6 nitrogen and oxygen atoms in total. The molecule has 1 aromatic heterocycles. The summed E-state index contributed by atoms with van der Waals surface area (Å²) in [6.07, 6.45) is 1.13. The number of alkyl halides is 1. The van der Waals surface area contributed by atoms with Crippen molar-refractivity contribution in [1.29, 1.82) is 0 Å². The summed E-state index contributed by atoms with van der Waals surface area (Å²) >= 11 is 3.36. The average Bonchev–Trinajstić information content (AvgIpc) is 3.25. The summed E-state index contributed by atoms with van der Waals surface area (Å²) in [7, 11) is 0. The Bertz CT molecular complexity index is 908. The fourth-order valence-electron chi connectivity index (χ4n) is 3.33. The zero-order chi connectivity index (χ0) is 18.5. The van der Waals surface area contributed by atoms with Crippen LogP contribution in [-0.2, 0) is 10.2 Å². The third-order valence-electron chi connectivity index (χ3n) is 4.70. The van der Waals surface area contributed by atoms with Crippen LogP contribution >= 0.6 is 15.9 Å². The normalized spacial score (nSPS) is 23.7. The number of carbonyl (C=O) groups is 2. The van der Waals surface area contributed by atoms with Crippen molar-refractivity contribution in [3.63, 3.8) is 0 Å². The molecule has 0 bridgehead atoms. The van der Waals surface area contributed by atoms with Crippen LogP contribution in [0.25, 0.3) is 0 Å². The van der Waals surface area contributed by atoms with E-state index in [1.54, 1.807) is 18.2 Å². The maximum atomic E-state index is 14.2. The first-order valence-corrected chi connectivity index (χ1v) is 8.69. The van der Waals surface area contributed by atoms with Crippen LogP contribution in [0.1, 0.15) is 22.3 Å². The molecule has 1 unspecified atom stereocenters. The summed E-state index contributed by atoms with van der Waals surface area (Å²) in [5, 5.41) is 2.41. The topological polar surface area (TPSA) is 75.2 Å². The number of nitrogens with zero attached hydrogens (tertiary/aromatic N) is 3. The molecular weight excluding hydrogens is 410 g/mol. The van der Waals surface area contributed by atoms with E-state index in [1.807, 2.05) is 0 Å². The molecule has 1 fully saturated rings. The zero-order valence-electron chi connectivity index (χ0n) is 13.4. The Balaban J connectivity index is 1.54. The van der Waals surface area contributed by atoms with Crippen molar-refractivity contribution < 1.29 is 18.4 Å². The molecule has 2 atom stereocenters. The molecule has 134 valence electrons. The van der Waals surface area contributed by atoms with Crippen LogP contribution in [0, 0.1) is 5.82 Å². The fourth-order valence-corrected chi connectivity index (χ4v) is 3.69. The number of aromatic nitrogens is 2. The second kappa shape index (κ2) is 6.08. The van der Waals surface area contributed by atoms with E-state index in [2.05, 4.69) is 31.2 Å². The molecule has 1 aromatic carbocycles. The Morgan fingerprint density at radius 1 is 1.38 bits per heavy atom. The molecular formula is C17H13BrF2N4O2. The summed E-state index contributed by atoms with van der Waals surface area (Å²) in [4.78, 5) is 33.5. The van der Waals surface area contributed by atoms with Crippen molar-refractivity contribution in [2.45, 2.75) is 18.0 Å². The van der Waals surface area contributed by atoms with Crippen molar-refractivity contribution in [2.75, 3.05) is 18.4 Å². The highest BCUT2D eigenvalue weighted by Gasteiger charge is 2.61. The van der Waals surface area contributed by atoms with Crippen LogP contribution in [-0.4, -0.2) is 45.9 Å². The molecule has 1 aliphatic carbocycles. The van der Waals surface area contributed by atoms with Gasteiger partial charge >= 0.3 is 0 Å². The van der Waals surface area contributed by atoms with E-state index in [4.69, 9.17) is 0 Å². The van der Waals surface area contributed by atoms with Crippen LogP contribution in [0.5, 0.6) is 0 Å². The summed E-state index contributed by atoms with van der Waals surface area (Å²) < 4.78 is 27.8. The van der Waals surface area contributed by atoms with Gasteiger partial charge in [-0.25, -0.2) is 18.7 Å². The van der Waals surface area contributed by atoms with Crippen LogP contribution < -0.4 is 5.32 Å². The van der Waals surface area contributed by atoms with E-state index in [1.165, 1.54) is 4.90 Å². The Hall–Kier alpha value is -2.42. The molecule has 9 heteroatoms. The van der Waals surface area contributed by atoms with Crippen LogP contribution in [0.15, 0.2) is 35.1 Å². The molecule has 26 heavy (non-hydrogen) atoms. The smallest absolute Gasteiger partial charge is 0.254 e. The predicted octanol–water partition coefficient (Wildman–Crippen LogP) is 2.45. The molecule has 2 amide bonds. The first-order valence-electron chi connectivity index (χ1n) is 7.90. The molecule has 2 aliphatic rings. The van der Waals surface area contributed by atoms with E-state index >= 15 is 0 Å². The van der Waals surface area contributed by atoms with Gasteiger partial charge in [0.05, 0.1) is 12.4 Å². The Labute approximate surface area is 155 Å². The van der Waals surface area contributed by atoms with Gasteiger partial charge in [0.2, 0.25) is 11.9 Å². The molecule has 0 saturated heterocycles. The minimum Gasteiger partial charge on any atom is -0.328 e. The second-order valence-electron chi connectivity index (χ2n) is 6.45. The van der Waals surface area contributed by atoms with Crippen molar-refractivity contribution in [3.05, 3.63) is 52.0 Å². The molecule has 0 radical (unpaired) electrons. The molecule has 2 aromatic rings. The maximum absolute atomic E-state index is 14.2. The summed E-state index contributed by atoms with van der Waals surface area (Å²) in [6, 6.07) is 5.13. The molecule has 1 spiro atoms. The minimum absolute atomic E-state index is 0.0605. The first kappa shape index (κ1) is 17.0. The second-order valence-corrected chi connectivity index (χ2v) is 7.37. The number of fused-ring (bicyclic) bond motifs is 2. The molecule has 1 N–H and O–H groups in total. The van der Waals surface area contributed by atoms with Gasteiger partial charge in [0.15, 0.2) is 5.82 Å². The molecule has 1 saturated carbocycles. The van der Waals surface area contributed by atoms with E-state index < -0.39 is 23.3 Å².